The standard InChI is InChI=1S/C12H19N3O2/c1-9-7-17-5-4-14(9)8-15-10(2)12(6-13-15)11(3)16/h6,9H,4-5,7-8H2,1-3H3/t9-/m0/s1. The van der Waals surface area contributed by atoms with E-state index in [0.29, 0.717) is 11.6 Å². The second-order valence-electron chi connectivity index (χ2n) is 4.58. The van der Waals surface area contributed by atoms with E-state index in [-0.39, 0.29) is 5.78 Å². The Morgan fingerprint density at radius 2 is 2.41 bits per heavy atom. The summed E-state index contributed by atoms with van der Waals surface area (Å²) < 4.78 is 7.29. The van der Waals surface area contributed by atoms with Crippen LogP contribution in [-0.2, 0) is 11.4 Å². The van der Waals surface area contributed by atoms with E-state index in [1.807, 2.05) is 11.6 Å². The van der Waals surface area contributed by atoms with Gasteiger partial charge in [0.2, 0.25) is 0 Å². The predicted octanol–water partition coefficient (Wildman–Crippen LogP) is 1.07. The highest BCUT2D eigenvalue weighted by atomic mass is 16.5. The van der Waals surface area contributed by atoms with Crippen LogP contribution in [0.5, 0.6) is 0 Å². The summed E-state index contributed by atoms with van der Waals surface area (Å²) >= 11 is 0. The van der Waals surface area contributed by atoms with Gasteiger partial charge in [0.15, 0.2) is 5.78 Å². The summed E-state index contributed by atoms with van der Waals surface area (Å²) in [5.41, 5.74) is 1.65. The molecule has 1 aromatic heterocycles. The van der Waals surface area contributed by atoms with E-state index in [2.05, 4.69) is 16.9 Å². The van der Waals surface area contributed by atoms with Crippen molar-refractivity contribution in [1.82, 2.24) is 14.7 Å². The number of ketones is 1. The van der Waals surface area contributed by atoms with Crippen LogP contribution in [0.3, 0.4) is 0 Å². The molecule has 1 atom stereocenters. The van der Waals surface area contributed by atoms with Gasteiger partial charge in [-0.05, 0) is 20.8 Å². The molecule has 0 aromatic carbocycles. The van der Waals surface area contributed by atoms with Crippen LogP contribution < -0.4 is 0 Å². The number of hydrogen-bond acceptors (Lipinski definition) is 4. The third kappa shape index (κ3) is 2.56. The highest BCUT2D eigenvalue weighted by molar-refractivity contribution is 5.94. The lowest BCUT2D eigenvalue weighted by molar-refractivity contribution is -0.0175. The molecule has 0 unspecified atom stereocenters. The van der Waals surface area contributed by atoms with Crippen LogP contribution in [0, 0.1) is 6.92 Å². The van der Waals surface area contributed by atoms with Crippen LogP contribution in [0.4, 0.5) is 0 Å². The van der Waals surface area contributed by atoms with Crippen molar-refractivity contribution < 1.29 is 9.53 Å². The summed E-state index contributed by atoms with van der Waals surface area (Å²) in [5, 5.41) is 4.28. The number of hydrogen-bond donors (Lipinski definition) is 0. The van der Waals surface area contributed by atoms with Crippen molar-refractivity contribution in [2.24, 2.45) is 0 Å². The number of ether oxygens (including phenoxy) is 1. The van der Waals surface area contributed by atoms with Gasteiger partial charge in [0, 0.05) is 18.3 Å². The van der Waals surface area contributed by atoms with Crippen molar-refractivity contribution >= 4 is 5.78 Å². The van der Waals surface area contributed by atoms with Crippen molar-refractivity contribution in [3.63, 3.8) is 0 Å². The molecule has 0 saturated carbocycles. The maximum absolute atomic E-state index is 11.3. The molecule has 1 aliphatic rings. The molecular formula is C12H19N3O2. The van der Waals surface area contributed by atoms with Gasteiger partial charge in [0.1, 0.15) is 0 Å². The summed E-state index contributed by atoms with van der Waals surface area (Å²) in [4.78, 5) is 13.7. The average Bonchev–Trinajstić information content (AvgIpc) is 2.64. The summed E-state index contributed by atoms with van der Waals surface area (Å²) in [6, 6.07) is 0.396. The van der Waals surface area contributed by atoms with Gasteiger partial charge in [-0.1, -0.05) is 0 Å². The molecule has 1 saturated heterocycles. The normalized spacial score (nSPS) is 21.7. The van der Waals surface area contributed by atoms with Gasteiger partial charge in [-0.25, -0.2) is 0 Å². The number of aromatic nitrogens is 2. The Bertz CT molecular complexity index is 414. The van der Waals surface area contributed by atoms with Crippen LogP contribution in [0.2, 0.25) is 0 Å². The smallest absolute Gasteiger partial charge is 0.163 e. The molecule has 2 heterocycles. The molecule has 17 heavy (non-hydrogen) atoms. The second kappa shape index (κ2) is 4.98. The molecule has 2 rings (SSSR count). The maximum atomic E-state index is 11.3. The van der Waals surface area contributed by atoms with Gasteiger partial charge in [0.05, 0.1) is 31.6 Å². The lowest BCUT2D eigenvalue weighted by atomic mass is 10.2. The van der Waals surface area contributed by atoms with Gasteiger partial charge in [-0.15, -0.1) is 0 Å². The first-order valence-corrected chi connectivity index (χ1v) is 5.94. The number of carbonyl (C=O) groups is 1. The second-order valence-corrected chi connectivity index (χ2v) is 4.58. The minimum Gasteiger partial charge on any atom is -0.379 e. The SMILES string of the molecule is CC(=O)c1cnn(CN2CCOC[C@@H]2C)c1C. The van der Waals surface area contributed by atoms with Crippen molar-refractivity contribution in [1.29, 1.82) is 0 Å². The van der Waals surface area contributed by atoms with Gasteiger partial charge in [0.25, 0.3) is 0 Å². The number of morpholine rings is 1. The Hall–Kier alpha value is -1.20. The van der Waals surface area contributed by atoms with E-state index < -0.39 is 0 Å². The lowest BCUT2D eigenvalue weighted by Crippen LogP contribution is -2.44. The fraction of sp³-hybridized carbons (Fsp3) is 0.667. The lowest BCUT2D eigenvalue weighted by Gasteiger charge is -2.33. The third-order valence-corrected chi connectivity index (χ3v) is 3.30. The molecule has 0 aliphatic carbocycles. The number of rotatable bonds is 3. The van der Waals surface area contributed by atoms with E-state index >= 15 is 0 Å². The van der Waals surface area contributed by atoms with Gasteiger partial charge in [-0.3, -0.25) is 14.4 Å². The highest BCUT2D eigenvalue weighted by Gasteiger charge is 2.20. The Labute approximate surface area is 101 Å². The van der Waals surface area contributed by atoms with Gasteiger partial charge < -0.3 is 4.74 Å². The molecule has 1 aliphatic heterocycles. The maximum Gasteiger partial charge on any atom is 0.163 e. The monoisotopic (exact) mass is 237 g/mol. The number of carbonyl (C=O) groups excluding carboxylic acids is 1. The van der Waals surface area contributed by atoms with Crippen LogP contribution in [0.15, 0.2) is 6.20 Å². The molecule has 0 bridgehead atoms. The quantitative estimate of drug-likeness (QED) is 0.738. The van der Waals surface area contributed by atoms with Crippen LogP contribution in [0.1, 0.15) is 29.9 Å². The molecule has 1 fully saturated rings. The van der Waals surface area contributed by atoms with Crippen LogP contribution in [-0.4, -0.2) is 46.3 Å². The Balaban J connectivity index is 2.10. The molecule has 0 radical (unpaired) electrons. The first-order valence-electron chi connectivity index (χ1n) is 5.94. The van der Waals surface area contributed by atoms with Crippen molar-refractivity contribution in [2.45, 2.75) is 33.5 Å². The number of nitrogens with zero attached hydrogens (tertiary/aromatic N) is 3. The van der Waals surface area contributed by atoms with Gasteiger partial charge >= 0.3 is 0 Å². The zero-order chi connectivity index (χ0) is 12.4. The topological polar surface area (TPSA) is 47.4 Å². The summed E-state index contributed by atoms with van der Waals surface area (Å²) in [6.45, 7) is 8.83. The highest BCUT2D eigenvalue weighted by Crippen LogP contribution is 2.12. The van der Waals surface area contributed by atoms with E-state index in [1.165, 1.54) is 0 Å². The minimum atomic E-state index is 0.0729. The van der Waals surface area contributed by atoms with E-state index in [4.69, 9.17) is 4.74 Å². The molecule has 0 N–H and O–H groups in total. The largest absolute Gasteiger partial charge is 0.379 e. The van der Waals surface area contributed by atoms with Crippen LogP contribution >= 0.6 is 0 Å². The summed E-state index contributed by atoms with van der Waals surface area (Å²) in [6.07, 6.45) is 1.66. The molecule has 94 valence electrons. The fourth-order valence-corrected chi connectivity index (χ4v) is 2.08. The molecular weight excluding hydrogens is 218 g/mol. The van der Waals surface area contributed by atoms with Crippen molar-refractivity contribution in [3.05, 3.63) is 17.5 Å². The van der Waals surface area contributed by atoms with E-state index in [9.17, 15) is 4.79 Å². The number of Topliss-reactive ketones (excluding diaryl/α,β-unsaturated/α-hetero) is 1. The van der Waals surface area contributed by atoms with Crippen LogP contribution in [0.25, 0.3) is 0 Å². The Morgan fingerprint density at radius 3 is 3.00 bits per heavy atom. The molecule has 0 amide bonds. The first kappa shape index (κ1) is 12.3. The zero-order valence-electron chi connectivity index (χ0n) is 10.6. The molecule has 1 aromatic rings. The first-order chi connectivity index (χ1) is 8.09. The molecule has 5 heteroatoms. The predicted molar refractivity (Wildman–Crippen MR) is 64.0 cm³/mol. The van der Waals surface area contributed by atoms with E-state index in [1.54, 1.807) is 13.1 Å². The summed E-state index contributed by atoms with van der Waals surface area (Å²) in [7, 11) is 0. The third-order valence-electron chi connectivity index (χ3n) is 3.30. The van der Waals surface area contributed by atoms with Crippen molar-refractivity contribution in [3.8, 4) is 0 Å². The van der Waals surface area contributed by atoms with E-state index in [0.717, 1.165) is 32.1 Å². The minimum absolute atomic E-state index is 0.0729. The average molecular weight is 237 g/mol. The fourth-order valence-electron chi connectivity index (χ4n) is 2.08. The zero-order valence-corrected chi connectivity index (χ0v) is 10.6. The van der Waals surface area contributed by atoms with Gasteiger partial charge in [-0.2, -0.15) is 5.10 Å². The Kier molecular flexibility index (Phi) is 3.59. The van der Waals surface area contributed by atoms with Crippen molar-refractivity contribution in [2.75, 3.05) is 19.8 Å². The molecule has 5 nitrogen and oxygen atoms in total. The molecule has 0 spiro atoms. The Morgan fingerprint density at radius 1 is 1.65 bits per heavy atom. The summed E-state index contributed by atoms with van der Waals surface area (Å²) in [5.74, 6) is 0.0729.